The lowest BCUT2D eigenvalue weighted by molar-refractivity contribution is -0.120. The lowest BCUT2D eigenvalue weighted by atomic mass is 10.1. The third kappa shape index (κ3) is 3.72. The van der Waals surface area contributed by atoms with Gasteiger partial charge in [0, 0.05) is 21.7 Å². The van der Waals surface area contributed by atoms with Crippen molar-refractivity contribution in [3.63, 3.8) is 0 Å². The molecule has 152 valence electrons. The maximum Gasteiger partial charge on any atom is 0.282 e. The van der Waals surface area contributed by atoms with Gasteiger partial charge in [-0.3, -0.25) is 9.59 Å². The number of hydrogen-bond acceptors (Lipinski definition) is 5. The van der Waals surface area contributed by atoms with Gasteiger partial charge in [0.1, 0.15) is 11.4 Å². The Morgan fingerprint density at radius 2 is 1.90 bits per heavy atom. The summed E-state index contributed by atoms with van der Waals surface area (Å²) in [6.07, 6.45) is 0. The fourth-order valence-electron chi connectivity index (χ4n) is 3.23. The number of carbonyl (C=O) groups excluding carboxylic acids is 2. The van der Waals surface area contributed by atoms with Crippen LogP contribution in [-0.2, 0) is 9.59 Å². The van der Waals surface area contributed by atoms with E-state index < -0.39 is 5.91 Å². The van der Waals surface area contributed by atoms with Crippen molar-refractivity contribution in [3.8, 4) is 5.75 Å². The SMILES string of the molecule is CCOc1cccc(NC2=C(c3cccs3)C(=O)N(c3ccc(C)c(Cl)c3)C2=O)c1. The number of imide groups is 1. The van der Waals surface area contributed by atoms with Crippen LogP contribution >= 0.6 is 22.9 Å². The van der Waals surface area contributed by atoms with Crippen LogP contribution in [0.5, 0.6) is 5.75 Å². The molecule has 2 heterocycles. The van der Waals surface area contributed by atoms with Gasteiger partial charge in [-0.05, 0) is 55.1 Å². The summed E-state index contributed by atoms with van der Waals surface area (Å²) in [5.74, 6) is -0.129. The van der Waals surface area contributed by atoms with E-state index in [-0.39, 0.29) is 11.6 Å². The number of carbonyl (C=O) groups is 2. The summed E-state index contributed by atoms with van der Waals surface area (Å²) in [5, 5.41) is 5.52. The molecule has 7 heteroatoms. The molecule has 0 radical (unpaired) electrons. The van der Waals surface area contributed by atoms with Gasteiger partial charge in [-0.2, -0.15) is 0 Å². The first kappa shape index (κ1) is 20.2. The Bertz CT molecular complexity index is 1160. The molecule has 0 unspecified atom stereocenters. The van der Waals surface area contributed by atoms with E-state index in [2.05, 4.69) is 5.32 Å². The number of aryl methyl sites for hydroxylation is 1. The van der Waals surface area contributed by atoms with Crippen molar-refractivity contribution in [1.29, 1.82) is 0 Å². The largest absolute Gasteiger partial charge is 0.494 e. The summed E-state index contributed by atoms with van der Waals surface area (Å²) in [5.41, 5.74) is 2.54. The summed E-state index contributed by atoms with van der Waals surface area (Å²) >= 11 is 7.65. The molecule has 1 aromatic heterocycles. The predicted octanol–water partition coefficient (Wildman–Crippen LogP) is 5.51. The fraction of sp³-hybridized carbons (Fsp3) is 0.130. The van der Waals surface area contributed by atoms with Crippen LogP contribution in [0.3, 0.4) is 0 Å². The third-order valence-electron chi connectivity index (χ3n) is 4.68. The first-order valence-corrected chi connectivity index (χ1v) is 10.7. The van der Waals surface area contributed by atoms with Crippen molar-refractivity contribution in [2.24, 2.45) is 0 Å². The first-order valence-electron chi connectivity index (χ1n) is 9.42. The van der Waals surface area contributed by atoms with Gasteiger partial charge in [0.05, 0.1) is 17.9 Å². The van der Waals surface area contributed by atoms with Crippen LogP contribution in [0.2, 0.25) is 5.02 Å². The van der Waals surface area contributed by atoms with Gasteiger partial charge in [-0.1, -0.05) is 29.8 Å². The number of rotatable bonds is 6. The van der Waals surface area contributed by atoms with E-state index in [1.54, 1.807) is 24.3 Å². The Hall–Kier alpha value is -3.09. The van der Waals surface area contributed by atoms with E-state index >= 15 is 0 Å². The molecule has 0 bridgehead atoms. The van der Waals surface area contributed by atoms with Gasteiger partial charge in [-0.15, -0.1) is 11.3 Å². The predicted molar refractivity (Wildman–Crippen MR) is 121 cm³/mol. The molecule has 0 aliphatic carbocycles. The number of halogens is 1. The fourth-order valence-corrected chi connectivity index (χ4v) is 4.17. The number of nitrogens with zero attached hydrogens (tertiary/aromatic N) is 1. The summed E-state index contributed by atoms with van der Waals surface area (Å²) in [6, 6.07) is 16.1. The number of ether oxygens (including phenoxy) is 1. The second-order valence-electron chi connectivity index (χ2n) is 6.69. The Kier molecular flexibility index (Phi) is 5.61. The highest BCUT2D eigenvalue weighted by Gasteiger charge is 2.40. The molecule has 2 aromatic carbocycles. The molecule has 1 aliphatic heterocycles. The smallest absolute Gasteiger partial charge is 0.282 e. The lowest BCUT2D eigenvalue weighted by Crippen LogP contribution is -2.32. The molecule has 0 fully saturated rings. The summed E-state index contributed by atoms with van der Waals surface area (Å²) in [4.78, 5) is 28.6. The highest BCUT2D eigenvalue weighted by atomic mass is 35.5. The minimum atomic E-state index is -0.426. The molecule has 0 saturated carbocycles. The van der Waals surface area contributed by atoms with Crippen molar-refractivity contribution in [1.82, 2.24) is 0 Å². The van der Waals surface area contributed by atoms with Crippen LogP contribution in [0.4, 0.5) is 11.4 Å². The van der Waals surface area contributed by atoms with Gasteiger partial charge in [0.25, 0.3) is 11.8 Å². The average Bonchev–Trinajstić information content (AvgIpc) is 3.32. The second kappa shape index (κ2) is 8.34. The maximum absolute atomic E-state index is 13.3. The molecule has 1 aliphatic rings. The number of amides is 2. The minimum Gasteiger partial charge on any atom is -0.494 e. The average molecular weight is 439 g/mol. The van der Waals surface area contributed by atoms with E-state index in [0.29, 0.717) is 34.3 Å². The quantitative estimate of drug-likeness (QED) is 0.516. The van der Waals surface area contributed by atoms with Crippen molar-refractivity contribution < 1.29 is 14.3 Å². The first-order chi connectivity index (χ1) is 14.5. The lowest BCUT2D eigenvalue weighted by Gasteiger charge is -2.16. The summed E-state index contributed by atoms with van der Waals surface area (Å²) in [6.45, 7) is 4.31. The molecule has 1 N–H and O–H groups in total. The molecule has 3 aromatic rings. The van der Waals surface area contributed by atoms with Crippen LogP contribution < -0.4 is 15.0 Å². The van der Waals surface area contributed by atoms with E-state index in [4.69, 9.17) is 16.3 Å². The topological polar surface area (TPSA) is 58.6 Å². The Labute approximate surface area is 183 Å². The summed E-state index contributed by atoms with van der Waals surface area (Å²) < 4.78 is 5.54. The monoisotopic (exact) mass is 438 g/mol. The van der Waals surface area contributed by atoms with Crippen LogP contribution in [0.15, 0.2) is 65.7 Å². The van der Waals surface area contributed by atoms with E-state index in [1.165, 1.54) is 11.3 Å². The zero-order chi connectivity index (χ0) is 21.3. The molecule has 30 heavy (non-hydrogen) atoms. The Morgan fingerprint density at radius 3 is 2.60 bits per heavy atom. The number of hydrogen-bond donors (Lipinski definition) is 1. The van der Waals surface area contributed by atoms with Crippen molar-refractivity contribution in [2.45, 2.75) is 13.8 Å². The van der Waals surface area contributed by atoms with Gasteiger partial charge in [-0.25, -0.2) is 4.90 Å². The Balaban J connectivity index is 1.76. The zero-order valence-electron chi connectivity index (χ0n) is 16.4. The molecule has 0 spiro atoms. The third-order valence-corrected chi connectivity index (χ3v) is 5.97. The van der Waals surface area contributed by atoms with E-state index in [9.17, 15) is 9.59 Å². The molecule has 4 rings (SSSR count). The van der Waals surface area contributed by atoms with Crippen molar-refractivity contribution in [2.75, 3.05) is 16.8 Å². The highest BCUT2D eigenvalue weighted by molar-refractivity contribution is 7.11. The Morgan fingerprint density at radius 1 is 1.07 bits per heavy atom. The molecular formula is C23H19ClN2O3S. The van der Waals surface area contributed by atoms with Gasteiger partial charge < -0.3 is 10.1 Å². The van der Waals surface area contributed by atoms with E-state index in [0.717, 1.165) is 15.3 Å². The maximum atomic E-state index is 13.3. The molecule has 2 amide bonds. The molecule has 0 atom stereocenters. The van der Waals surface area contributed by atoms with Crippen LogP contribution in [-0.4, -0.2) is 18.4 Å². The highest BCUT2D eigenvalue weighted by Crippen LogP contribution is 2.36. The van der Waals surface area contributed by atoms with Crippen LogP contribution in [0.1, 0.15) is 17.4 Å². The molecular weight excluding hydrogens is 420 g/mol. The summed E-state index contributed by atoms with van der Waals surface area (Å²) in [7, 11) is 0. The van der Waals surface area contributed by atoms with Gasteiger partial charge >= 0.3 is 0 Å². The molecule has 5 nitrogen and oxygen atoms in total. The van der Waals surface area contributed by atoms with E-state index in [1.807, 2.05) is 49.6 Å². The van der Waals surface area contributed by atoms with Crippen LogP contribution in [0, 0.1) is 6.92 Å². The number of thiophene rings is 1. The minimum absolute atomic E-state index is 0.229. The van der Waals surface area contributed by atoms with Crippen LogP contribution in [0.25, 0.3) is 5.57 Å². The van der Waals surface area contributed by atoms with Crippen molar-refractivity contribution >= 4 is 51.7 Å². The van der Waals surface area contributed by atoms with Gasteiger partial charge in [0.2, 0.25) is 0 Å². The van der Waals surface area contributed by atoms with Gasteiger partial charge in [0.15, 0.2) is 0 Å². The zero-order valence-corrected chi connectivity index (χ0v) is 18.0. The normalized spacial score (nSPS) is 13.9. The number of anilines is 2. The van der Waals surface area contributed by atoms with Crippen molar-refractivity contribution in [3.05, 3.63) is 81.1 Å². The second-order valence-corrected chi connectivity index (χ2v) is 8.05. The molecule has 0 saturated heterocycles. The number of nitrogens with one attached hydrogen (secondary N) is 1. The number of benzene rings is 2. The standard InChI is InChI=1S/C23H19ClN2O3S/c1-3-29-17-7-4-6-15(12-17)25-21-20(19-8-5-11-30-19)22(27)26(23(21)28)16-10-9-14(2)18(24)13-16/h4-13,25H,3H2,1-2H3.